The first-order chi connectivity index (χ1) is 10.6. The number of piperidine rings is 1. The minimum absolute atomic E-state index is 0.0995. The highest BCUT2D eigenvalue weighted by molar-refractivity contribution is 7.14. The average Bonchev–Trinajstić information content (AvgIpc) is 2.99. The Morgan fingerprint density at radius 3 is 2.77 bits per heavy atom. The summed E-state index contributed by atoms with van der Waals surface area (Å²) in [5, 5.41) is 8.94. The Morgan fingerprint density at radius 2 is 2.05 bits per heavy atom. The van der Waals surface area contributed by atoms with Crippen LogP contribution >= 0.6 is 11.3 Å². The lowest BCUT2D eigenvalue weighted by molar-refractivity contribution is -0.120. The molecule has 0 atom stereocenters. The van der Waals surface area contributed by atoms with Crippen molar-refractivity contribution in [1.29, 1.82) is 0 Å². The van der Waals surface area contributed by atoms with E-state index in [1.807, 2.05) is 5.38 Å². The molecule has 4 nitrogen and oxygen atoms in total. The van der Waals surface area contributed by atoms with Crippen LogP contribution in [0, 0.1) is 19.8 Å². The monoisotopic (exact) mass is 315 g/mol. The summed E-state index contributed by atoms with van der Waals surface area (Å²) >= 11 is 1.49. The first-order valence-corrected chi connectivity index (χ1v) is 8.56. The molecule has 2 heterocycles. The summed E-state index contributed by atoms with van der Waals surface area (Å²) in [5.74, 6) is 0.206. The SMILES string of the molecule is Cc1ccc(-c2csc(NC(=O)C3CCNCC3)n2)cc1C. The van der Waals surface area contributed by atoms with Crippen LogP contribution in [0.3, 0.4) is 0 Å². The van der Waals surface area contributed by atoms with E-state index >= 15 is 0 Å². The molecule has 5 heteroatoms. The van der Waals surface area contributed by atoms with Crippen LogP contribution in [0.2, 0.25) is 0 Å². The second-order valence-corrected chi connectivity index (χ2v) is 6.71. The molecule has 1 fully saturated rings. The third kappa shape index (κ3) is 3.36. The number of nitrogens with zero attached hydrogens (tertiary/aromatic N) is 1. The molecule has 0 radical (unpaired) electrons. The van der Waals surface area contributed by atoms with Crippen LogP contribution in [-0.2, 0) is 4.79 Å². The summed E-state index contributed by atoms with van der Waals surface area (Å²) in [7, 11) is 0. The lowest BCUT2D eigenvalue weighted by Gasteiger charge is -2.20. The molecule has 1 aliphatic rings. The third-order valence-electron chi connectivity index (χ3n) is 4.25. The van der Waals surface area contributed by atoms with Crippen LogP contribution in [0.1, 0.15) is 24.0 Å². The summed E-state index contributed by atoms with van der Waals surface area (Å²) in [6, 6.07) is 6.33. The summed E-state index contributed by atoms with van der Waals surface area (Å²) in [6.07, 6.45) is 1.81. The molecule has 0 spiro atoms. The molecule has 1 aliphatic heterocycles. The van der Waals surface area contributed by atoms with Gasteiger partial charge >= 0.3 is 0 Å². The molecule has 0 aliphatic carbocycles. The van der Waals surface area contributed by atoms with Gasteiger partial charge in [-0.15, -0.1) is 11.3 Å². The Hall–Kier alpha value is -1.72. The van der Waals surface area contributed by atoms with E-state index in [1.165, 1.54) is 22.5 Å². The second-order valence-electron chi connectivity index (χ2n) is 5.85. The van der Waals surface area contributed by atoms with Crippen molar-refractivity contribution in [1.82, 2.24) is 10.3 Å². The van der Waals surface area contributed by atoms with Crippen LogP contribution < -0.4 is 10.6 Å². The molecule has 22 heavy (non-hydrogen) atoms. The smallest absolute Gasteiger partial charge is 0.229 e. The predicted molar refractivity (Wildman–Crippen MR) is 91.2 cm³/mol. The number of thiazole rings is 1. The number of benzene rings is 1. The number of anilines is 1. The Morgan fingerprint density at radius 1 is 1.27 bits per heavy atom. The molecule has 116 valence electrons. The van der Waals surface area contributed by atoms with Crippen LogP contribution in [0.15, 0.2) is 23.6 Å². The zero-order valence-electron chi connectivity index (χ0n) is 13.0. The van der Waals surface area contributed by atoms with Crippen molar-refractivity contribution in [2.24, 2.45) is 5.92 Å². The number of aryl methyl sites for hydroxylation is 2. The minimum atomic E-state index is 0.0995. The Kier molecular flexibility index (Phi) is 4.55. The number of hydrogen-bond acceptors (Lipinski definition) is 4. The Bertz CT molecular complexity index is 674. The van der Waals surface area contributed by atoms with Gasteiger partial charge in [0.05, 0.1) is 5.69 Å². The first-order valence-electron chi connectivity index (χ1n) is 7.68. The van der Waals surface area contributed by atoms with Crippen LogP contribution in [0.5, 0.6) is 0 Å². The van der Waals surface area contributed by atoms with Crippen molar-refractivity contribution in [2.75, 3.05) is 18.4 Å². The van der Waals surface area contributed by atoms with E-state index in [0.717, 1.165) is 37.2 Å². The minimum Gasteiger partial charge on any atom is -0.317 e. The number of nitrogens with one attached hydrogen (secondary N) is 2. The number of aromatic nitrogens is 1. The van der Waals surface area contributed by atoms with Gasteiger partial charge in [0.1, 0.15) is 0 Å². The Balaban J connectivity index is 1.70. The molecule has 2 aromatic rings. The van der Waals surface area contributed by atoms with E-state index in [0.29, 0.717) is 5.13 Å². The highest BCUT2D eigenvalue weighted by Gasteiger charge is 2.21. The van der Waals surface area contributed by atoms with Crippen molar-refractivity contribution in [3.8, 4) is 11.3 Å². The predicted octanol–water partition coefficient (Wildman–Crippen LogP) is 3.37. The topological polar surface area (TPSA) is 54.0 Å². The van der Waals surface area contributed by atoms with Gasteiger partial charge in [0.25, 0.3) is 0 Å². The number of carbonyl (C=O) groups excluding carboxylic acids is 1. The number of hydrogen-bond donors (Lipinski definition) is 2. The standard InChI is InChI=1S/C17H21N3OS/c1-11-3-4-14(9-12(11)2)15-10-22-17(19-15)20-16(21)13-5-7-18-8-6-13/h3-4,9-10,13,18H,5-8H2,1-2H3,(H,19,20,21). The fourth-order valence-electron chi connectivity index (χ4n) is 2.66. The molecule has 1 aromatic carbocycles. The van der Waals surface area contributed by atoms with Crippen molar-refractivity contribution in [3.05, 3.63) is 34.7 Å². The molecule has 1 saturated heterocycles. The maximum atomic E-state index is 12.2. The van der Waals surface area contributed by atoms with Gasteiger partial charge in [0.15, 0.2) is 5.13 Å². The molecule has 1 amide bonds. The number of carbonyl (C=O) groups is 1. The maximum Gasteiger partial charge on any atom is 0.229 e. The van der Waals surface area contributed by atoms with Gasteiger partial charge in [-0.25, -0.2) is 4.98 Å². The van der Waals surface area contributed by atoms with E-state index in [1.54, 1.807) is 0 Å². The molecule has 0 bridgehead atoms. The number of amides is 1. The molecule has 1 aromatic heterocycles. The lowest BCUT2D eigenvalue weighted by atomic mass is 9.97. The molecule has 2 N–H and O–H groups in total. The average molecular weight is 315 g/mol. The molecular formula is C17H21N3OS. The normalized spacial score (nSPS) is 15.7. The van der Waals surface area contributed by atoms with Crippen molar-refractivity contribution < 1.29 is 4.79 Å². The summed E-state index contributed by atoms with van der Waals surface area (Å²) in [6.45, 7) is 6.05. The molecule has 0 saturated carbocycles. The van der Waals surface area contributed by atoms with Gasteiger partial charge in [0, 0.05) is 16.9 Å². The van der Waals surface area contributed by atoms with E-state index in [-0.39, 0.29) is 11.8 Å². The zero-order valence-corrected chi connectivity index (χ0v) is 13.8. The number of rotatable bonds is 3. The van der Waals surface area contributed by atoms with Gasteiger partial charge < -0.3 is 10.6 Å². The van der Waals surface area contributed by atoms with Gasteiger partial charge in [-0.2, -0.15) is 0 Å². The van der Waals surface area contributed by atoms with Crippen LogP contribution in [0.4, 0.5) is 5.13 Å². The Labute approximate surface area is 135 Å². The van der Waals surface area contributed by atoms with Gasteiger partial charge in [-0.05, 0) is 57.0 Å². The largest absolute Gasteiger partial charge is 0.317 e. The lowest BCUT2D eigenvalue weighted by Crippen LogP contribution is -2.34. The molecule has 0 unspecified atom stereocenters. The molecular weight excluding hydrogens is 294 g/mol. The molecule has 3 rings (SSSR count). The van der Waals surface area contributed by atoms with Crippen molar-refractivity contribution >= 4 is 22.4 Å². The van der Waals surface area contributed by atoms with E-state index in [2.05, 4.69) is 47.7 Å². The van der Waals surface area contributed by atoms with E-state index in [9.17, 15) is 4.79 Å². The quantitative estimate of drug-likeness (QED) is 0.913. The van der Waals surface area contributed by atoms with E-state index < -0.39 is 0 Å². The highest BCUT2D eigenvalue weighted by atomic mass is 32.1. The maximum absolute atomic E-state index is 12.2. The fraction of sp³-hybridized carbons (Fsp3) is 0.412. The van der Waals surface area contributed by atoms with Gasteiger partial charge in [0.2, 0.25) is 5.91 Å². The fourth-order valence-corrected chi connectivity index (χ4v) is 3.38. The summed E-state index contributed by atoms with van der Waals surface area (Å²) in [4.78, 5) is 16.8. The van der Waals surface area contributed by atoms with Crippen molar-refractivity contribution in [2.45, 2.75) is 26.7 Å². The highest BCUT2D eigenvalue weighted by Crippen LogP contribution is 2.27. The van der Waals surface area contributed by atoms with Gasteiger partial charge in [-0.1, -0.05) is 12.1 Å². The van der Waals surface area contributed by atoms with E-state index in [4.69, 9.17) is 0 Å². The zero-order chi connectivity index (χ0) is 15.5. The summed E-state index contributed by atoms with van der Waals surface area (Å²) < 4.78 is 0. The van der Waals surface area contributed by atoms with Crippen molar-refractivity contribution in [3.63, 3.8) is 0 Å². The van der Waals surface area contributed by atoms with Crippen LogP contribution in [0.25, 0.3) is 11.3 Å². The first kappa shape index (κ1) is 15.2. The van der Waals surface area contributed by atoms with Gasteiger partial charge in [-0.3, -0.25) is 4.79 Å². The summed E-state index contributed by atoms with van der Waals surface area (Å²) in [5.41, 5.74) is 4.56. The van der Waals surface area contributed by atoms with Crippen LogP contribution in [-0.4, -0.2) is 24.0 Å². The second kappa shape index (κ2) is 6.58. The third-order valence-corrected chi connectivity index (χ3v) is 5.00.